The molecule has 0 bridgehead atoms. The van der Waals surface area contributed by atoms with Gasteiger partial charge in [0.15, 0.2) is 17.2 Å². The summed E-state index contributed by atoms with van der Waals surface area (Å²) in [6, 6.07) is 3.86. The molecule has 0 aromatic carbocycles. The Hall–Kier alpha value is -3.60. The number of primary amides is 1. The van der Waals surface area contributed by atoms with Gasteiger partial charge in [0.2, 0.25) is 5.78 Å². The maximum absolute atomic E-state index is 12.6. The average molecular weight is 383 g/mol. The molecule has 27 heavy (non-hydrogen) atoms. The van der Waals surface area contributed by atoms with Gasteiger partial charge in [-0.25, -0.2) is 9.97 Å². The van der Waals surface area contributed by atoms with Crippen LogP contribution >= 0.6 is 11.7 Å². The second-order valence-electron chi connectivity index (χ2n) is 5.35. The molecule has 10 nitrogen and oxygen atoms in total. The van der Waals surface area contributed by atoms with Crippen molar-refractivity contribution in [3.05, 3.63) is 54.2 Å². The van der Waals surface area contributed by atoms with Gasteiger partial charge in [-0.15, -0.1) is 0 Å². The quantitative estimate of drug-likeness (QED) is 0.531. The third-order valence-corrected chi connectivity index (χ3v) is 4.04. The topological polar surface area (TPSA) is 154 Å². The fourth-order valence-corrected chi connectivity index (χ4v) is 2.81. The molecular formula is C16H13N7O3S. The average Bonchev–Trinajstić information content (AvgIpc) is 3.18. The van der Waals surface area contributed by atoms with Crippen LogP contribution in [0.4, 0.5) is 0 Å². The minimum atomic E-state index is -1.16. The van der Waals surface area contributed by atoms with E-state index in [9.17, 15) is 14.4 Å². The molecule has 2 amide bonds. The first kappa shape index (κ1) is 18.2. The molecule has 3 aromatic rings. The molecule has 0 saturated heterocycles. The first-order valence-corrected chi connectivity index (χ1v) is 8.42. The number of pyridine rings is 1. The maximum Gasteiger partial charge on any atom is 0.287 e. The van der Waals surface area contributed by atoms with Crippen LogP contribution < -0.4 is 11.1 Å². The van der Waals surface area contributed by atoms with Gasteiger partial charge in [-0.3, -0.25) is 19.4 Å². The SMILES string of the molecule is NC(=O)C(=O)C(Cc1cccnc1)NC(=O)c1nsnc1-c1ncccn1. The van der Waals surface area contributed by atoms with Crippen molar-refractivity contribution in [1.82, 2.24) is 29.0 Å². The van der Waals surface area contributed by atoms with Crippen molar-refractivity contribution in [1.29, 1.82) is 0 Å². The van der Waals surface area contributed by atoms with Crippen molar-refractivity contribution in [2.24, 2.45) is 5.73 Å². The summed E-state index contributed by atoms with van der Waals surface area (Å²) in [4.78, 5) is 48.2. The molecule has 0 saturated carbocycles. The van der Waals surface area contributed by atoms with Crippen molar-refractivity contribution in [3.8, 4) is 11.5 Å². The highest BCUT2D eigenvalue weighted by Gasteiger charge is 2.28. The number of nitrogens with two attached hydrogens (primary N) is 1. The van der Waals surface area contributed by atoms with Crippen molar-refractivity contribution in [2.45, 2.75) is 12.5 Å². The zero-order valence-corrected chi connectivity index (χ0v) is 14.6. The van der Waals surface area contributed by atoms with Gasteiger partial charge in [0.05, 0.1) is 11.7 Å². The molecule has 3 heterocycles. The van der Waals surface area contributed by atoms with Crippen LogP contribution in [0.2, 0.25) is 0 Å². The normalized spacial score (nSPS) is 11.6. The third kappa shape index (κ3) is 4.33. The van der Waals surface area contributed by atoms with Crippen LogP contribution in [-0.4, -0.2) is 47.3 Å². The van der Waals surface area contributed by atoms with E-state index >= 15 is 0 Å². The maximum atomic E-state index is 12.6. The van der Waals surface area contributed by atoms with Crippen molar-refractivity contribution in [3.63, 3.8) is 0 Å². The lowest BCUT2D eigenvalue weighted by atomic mass is 10.0. The van der Waals surface area contributed by atoms with Gasteiger partial charge in [0, 0.05) is 31.2 Å². The highest BCUT2D eigenvalue weighted by Crippen LogP contribution is 2.17. The minimum Gasteiger partial charge on any atom is -0.363 e. The molecule has 0 spiro atoms. The van der Waals surface area contributed by atoms with Crippen LogP contribution in [0.3, 0.4) is 0 Å². The van der Waals surface area contributed by atoms with Crippen molar-refractivity contribution < 1.29 is 14.4 Å². The van der Waals surface area contributed by atoms with Crippen molar-refractivity contribution >= 4 is 29.3 Å². The smallest absolute Gasteiger partial charge is 0.287 e. The Labute approximate surface area is 157 Å². The number of nitrogens with zero attached hydrogens (tertiary/aromatic N) is 5. The van der Waals surface area contributed by atoms with E-state index < -0.39 is 23.6 Å². The number of amides is 2. The number of aromatic nitrogens is 5. The summed E-state index contributed by atoms with van der Waals surface area (Å²) < 4.78 is 7.99. The Morgan fingerprint density at radius 1 is 1.11 bits per heavy atom. The van der Waals surface area contributed by atoms with Gasteiger partial charge in [-0.05, 0) is 17.7 Å². The highest BCUT2D eigenvalue weighted by atomic mass is 32.1. The number of Topliss-reactive ketones (excluding diaryl/α,β-unsaturated/α-hetero) is 1. The van der Waals surface area contributed by atoms with E-state index in [4.69, 9.17) is 5.73 Å². The second-order valence-corrected chi connectivity index (χ2v) is 5.88. The molecule has 3 N–H and O–H groups in total. The van der Waals surface area contributed by atoms with Gasteiger partial charge in [0.25, 0.3) is 11.8 Å². The molecule has 0 fully saturated rings. The Morgan fingerprint density at radius 3 is 2.56 bits per heavy atom. The lowest BCUT2D eigenvalue weighted by molar-refractivity contribution is -0.137. The van der Waals surface area contributed by atoms with Gasteiger partial charge in [-0.2, -0.15) is 8.75 Å². The lowest BCUT2D eigenvalue weighted by Crippen LogP contribution is -2.47. The minimum absolute atomic E-state index is 0.0420. The zero-order chi connectivity index (χ0) is 19.2. The number of nitrogens with one attached hydrogen (secondary N) is 1. The van der Waals surface area contributed by atoms with Crippen LogP contribution in [0.5, 0.6) is 0 Å². The Balaban J connectivity index is 1.84. The van der Waals surface area contributed by atoms with Crippen LogP contribution in [0, 0.1) is 0 Å². The van der Waals surface area contributed by atoms with E-state index in [0.29, 0.717) is 5.56 Å². The van der Waals surface area contributed by atoms with Crippen LogP contribution in [0.25, 0.3) is 11.5 Å². The van der Waals surface area contributed by atoms with Crippen LogP contribution in [0.15, 0.2) is 43.0 Å². The summed E-state index contributed by atoms with van der Waals surface area (Å²) in [6.07, 6.45) is 6.16. The summed E-state index contributed by atoms with van der Waals surface area (Å²) >= 11 is 0.808. The predicted octanol–water partition coefficient (Wildman–Crippen LogP) is -0.214. The molecule has 0 radical (unpaired) electrons. The molecule has 0 aliphatic carbocycles. The number of carbonyl (C=O) groups is 3. The molecule has 3 rings (SSSR count). The Morgan fingerprint density at radius 2 is 1.89 bits per heavy atom. The summed E-state index contributed by atoms with van der Waals surface area (Å²) in [5.74, 6) is -2.53. The second kappa shape index (κ2) is 8.19. The van der Waals surface area contributed by atoms with Crippen LogP contribution in [0.1, 0.15) is 16.1 Å². The summed E-state index contributed by atoms with van der Waals surface area (Å²) in [6.45, 7) is 0. The van der Waals surface area contributed by atoms with E-state index in [1.165, 1.54) is 18.6 Å². The van der Waals surface area contributed by atoms with E-state index in [1.54, 1.807) is 24.4 Å². The van der Waals surface area contributed by atoms with Gasteiger partial charge in [-0.1, -0.05) is 6.07 Å². The predicted molar refractivity (Wildman–Crippen MR) is 94.3 cm³/mol. The van der Waals surface area contributed by atoms with E-state index in [1.807, 2.05) is 0 Å². The Bertz CT molecular complexity index is 962. The number of hydrogen-bond acceptors (Lipinski definition) is 9. The van der Waals surface area contributed by atoms with Crippen LogP contribution in [-0.2, 0) is 16.0 Å². The standard InChI is InChI=1S/C16H13N7O3S/c17-14(25)13(24)10(7-9-3-1-4-18-8-9)21-16(26)12-11(22-27-23-12)15-19-5-2-6-20-15/h1-6,8,10H,7H2,(H2,17,25)(H,21,26). The molecule has 136 valence electrons. The first-order chi connectivity index (χ1) is 13.1. The van der Waals surface area contributed by atoms with Gasteiger partial charge in [0.1, 0.15) is 6.04 Å². The molecular weight excluding hydrogens is 370 g/mol. The third-order valence-electron chi connectivity index (χ3n) is 3.51. The number of carbonyl (C=O) groups excluding carboxylic acids is 3. The lowest BCUT2D eigenvalue weighted by Gasteiger charge is -2.15. The number of ketones is 1. The fourth-order valence-electron chi connectivity index (χ4n) is 2.27. The number of hydrogen-bond donors (Lipinski definition) is 2. The number of rotatable bonds is 7. The molecule has 0 aliphatic heterocycles. The summed E-state index contributed by atoms with van der Waals surface area (Å²) in [7, 11) is 0. The van der Waals surface area contributed by atoms with Gasteiger partial charge < -0.3 is 11.1 Å². The first-order valence-electron chi connectivity index (χ1n) is 7.69. The Kier molecular flexibility index (Phi) is 5.52. The van der Waals surface area contributed by atoms with Crippen molar-refractivity contribution in [2.75, 3.05) is 0 Å². The molecule has 0 aliphatic rings. The zero-order valence-electron chi connectivity index (χ0n) is 13.8. The molecule has 3 aromatic heterocycles. The van der Waals surface area contributed by atoms with Gasteiger partial charge >= 0.3 is 0 Å². The van der Waals surface area contributed by atoms with E-state index in [0.717, 1.165) is 11.7 Å². The summed E-state index contributed by atoms with van der Waals surface area (Å²) in [5, 5.41) is 2.49. The van der Waals surface area contributed by atoms with E-state index in [-0.39, 0.29) is 23.6 Å². The molecule has 1 atom stereocenters. The monoisotopic (exact) mass is 383 g/mol. The highest BCUT2D eigenvalue weighted by molar-refractivity contribution is 6.99. The largest absolute Gasteiger partial charge is 0.363 e. The van der Waals surface area contributed by atoms with E-state index in [2.05, 4.69) is 29.0 Å². The molecule has 11 heteroatoms. The molecule has 1 unspecified atom stereocenters. The summed E-state index contributed by atoms with van der Waals surface area (Å²) in [5.41, 5.74) is 5.90. The fraction of sp³-hybridized carbons (Fsp3) is 0.125.